The van der Waals surface area contributed by atoms with E-state index in [0.717, 1.165) is 6.07 Å². The van der Waals surface area contributed by atoms with Crippen LogP contribution < -0.4 is 9.47 Å². The Kier molecular flexibility index (Phi) is 7.44. The maximum atomic E-state index is 15.6. The molecule has 4 rings (SSSR count). The van der Waals surface area contributed by atoms with E-state index >= 15 is 8.78 Å². The van der Waals surface area contributed by atoms with Crippen molar-refractivity contribution in [2.24, 2.45) is 0 Å². The highest BCUT2D eigenvalue weighted by atomic mass is 19.1. The van der Waals surface area contributed by atoms with Crippen LogP contribution in [0.25, 0.3) is 11.1 Å². The number of hydrogen-bond donors (Lipinski definition) is 0. The van der Waals surface area contributed by atoms with Gasteiger partial charge in [0.2, 0.25) is 0 Å². The summed E-state index contributed by atoms with van der Waals surface area (Å²) in [5, 5.41) is 0. The van der Waals surface area contributed by atoms with Crippen LogP contribution in [0.5, 0.6) is 11.5 Å². The molecule has 182 valence electrons. The highest BCUT2D eigenvalue weighted by molar-refractivity contribution is 5.91. The molecule has 0 unspecified atom stereocenters. The van der Waals surface area contributed by atoms with Crippen molar-refractivity contribution in [3.05, 3.63) is 118 Å². The van der Waals surface area contributed by atoms with Crippen LogP contribution in [0.2, 0.25) is 0 Å². The van der Waals surface area contributed by atoms with Crippen molar-refractivity contribution < 1.29 is 36.6 Å². The van der Waals surface area contributed by atoms with E-state index in [0.29, 0.717) is 17.2 Å². The molecule has 0 saturated heterocycles. The van der Waals surface area contributed by atoms with E-state index in [9.17, 15) is 18.4 Å². The Labute approximate surface area is 203 Å². The first-order valence-corrected chi connectivity index (χ1v) is 10.7. The van der Waals surface area contributed by atoms with E-state index in [2.05, 4.69) is 0 Å². The Morgan fingerprint density at radius 2 is 1.14 bits per heavy atom. The molecule has 4 aromatic rings. The molecule has 0 saturated carbocycles. The van der Waals surface area contributed by atoms with Gasteiger partial charge >= 0.3 is 0 Å². The number of carbonyl (C=O) groups excluding carboxylic acids is 2. The Bertz CT molecular complexity index is 1410. The molecule has 0 spiro atoms. The first-order valence-electron chi connectivity index (χ1n) is 10.7. The van der Waals surface area contributed by atoms with Crippen LogP contribution in [0.1, 0.15) is 31.8 Å². The minimum Gasteiger partial charge on any atom is -0.483 e. The summed E-state index contributed by atoms with van der Waals surface area (Å²) in [6, 6.07) is 18.4. The Morgan fingerprint density at radius 1 is 0.611 bits per heavy atom. The summed E-state index contributed by atoms with van der Waals surface area (Å²) in [5.41, 5.74) is -1.38. The van der Waals surface area contributed by atoms with Crippen LogP contribution in [0.4, 0.5) is 17.6 Å². The van der Waals surface area contributed by atoms with Gasteiger partial charge in [0.05, 0.1) is 5.56 Å². The van der Waals surface area contributed by atoms with Crippen molar-refractivity contribution in [1.29, 1.82) is 0 Å². The fraction of sp³-hybridized carbons (Fsp3) is 0.0714. The lowest BCUT2D eigenvalue weighted by molar-refractivity contribution is 0.111. The molecule has 0 atom stereocenters. The number of ether oxygens (including phenoxy) is 2. The molecule has 4 nitrogen and oxygen atoms in total. The second-order valence-electron chi connectivity index (χ2n) is 7.72. The third-order valence-electron chi connectivity index (χ3n) is 5.37. The van der Waals surface area contributed by atoms with Gasteiger partial charge in [-0.1, -0.05) is 60.7 Å². The average Bonchev–Trinajstić information content (AvgIpc) is 2.90. The summed E-state index contributed by atoms with van der Waals surface area (Å²) in [5.74, 6) is -7.03. The van der Waals surface area contributed by atoms with Crippen molar-refractivity contribution >= 4 is 12.6 Å². The van der Waals surface area contributed by atoms with Gasteiger partial charge in [0.15, 0.2) is 47.3 Å². The monoisotopic (exact) mass is 494 g/mol. The van der Waals surface area contributed by atoms with Gasteiger partial charge in [-0.2, -0.15) is 0 Å². The standard InChI is InChI=1S/C28H18F4O4/c29-22-12-19(13-33)23(26(32)27(22)35-15-17-7-3-1-4-8-17)21-11-20(14-34)24(30)28(25(21)31)36-16-18-9-5-2-6-10-18/h1-14H,15-16H2. The van der Waals surface area contributed by atoms with Crippen LogP contribution in [0.15, 0.2) is 72.8 Å². The van der Waals surface area contributed by atoms with Gasteiger partial charge in [0.25, 0.3) is 0 Å². The minimum atomic E-state index is -1.38. The highest BCUT2D eigenvalue weighted by Crippen LogP contribution is 2.40. The molecule has 0 radical (unpaired) electrons. The predicted molar refractivity (Wildman–Crippen MR) is 124 cm³/mol. The topological polar surface area (TPSA) is 52.6 Å². The van der Waals surface area contributed by atoms with E-state index in [1.165, 1.54) is 0 Å². The lowest BCUT2D eigenvalue weighted by Gasteiger charge is -2.17. The third kappa shape index (κ3) is 4.98. The maximum Gasteiger partial charge on any atom is 0.192 e. The lowest BCUT2D eigenvalue weighted by Crippen LogP contribution is -2.07. The van der Waals surface area contributed by atoms with Crippen molar-refractivity contribution in [1.82, 2.24) is 0 Å². The molecular formula is C28H18F4O4. The molecule has 0 fully saturated rings. The summed E-state index contributed by atoms with van der Waals surface area (Å²) in [7, 11) is 0. The zero-order chi connectivity index (χ0) is 25.7. The third-order valence-corrected chi connectivity index (χ3v) is 5.37. The summed E-state index contributed by atoms with van der Waals surface area (Å²) >= 11 is 0. The van der Waals surface area contributed by atoms with Gasteiger partial charge in [-0.05, 0) is 23.3 Å². The van der Waals surface area contributed by atoms with Crippen LogP contribution in [0.3, 0.4) is 0 Å². The minimum absolute atomic E-state index is 0.0997. The number of rotatable bonds is 9. The molecular weight excluding hydrogens is 476 g/mol. The average molecular weight is 494 g/mol. The second kappa shape index (κ2) is 10.9. The molecule has 0 N–H and O–H groups in total. The van der Waals surface area contributed by atoms with Gasteiger partial charge in [-0.3, -0.25) is 9.59 Å². The van der Waals surface area contributed by atoms with Gasteiger partial charge < -0.3 is 9.47 Å². The Hall–Kier alpha value is -4.46. The second-order valence-corrected chi connectivity index (χ2v) is 7.72. The van der Waals surface area contributed by atoms with E-state index in [1.54, 1.807) is 60.7 Å². The van der Waals surface area contributed by atoms with Crippen LogP contribution in [-0.2, 0) is 13.2 Å². The number of carbonyl (C=O) groups is 2. The molecule has 8 heteroatoms. The van der Waals surface area contributed by atoms with Gasteiger partial charge in [-0.25, -0.2) is 17.6 Å². The number of aldehydes is 2. The van der Waals surface area contributed by atoms with Gasteiger partial charge in [-0.15, -0.1) is 0 Å². The van der Waals surface area contributed by atoms with Crippen molar-refractivity contribution in [3.8, 4) is 22.6 Å². The van der Waals surface area contributed by atoms with Crippen molar-refractivity contribution in [2.45, 2.75) is 13.2 Å². The SMILES string of the molecule is O=Cc1cc(-c2c(C=O)cc(F)c(OCc3ccccc3)c2F)c(F)c(OCc2ccccc2)c1F. The largest absolute Gasteiger partial charge is 0.483 e. The van der Waals surface area contributed by atoms with E-state index in [1.807, 2.05) is 0 Å². The van der Waals surface area contributed by atoms with Gasteiger partial charge in [0.1, 0.15) is 13.2 Å². The summed E-state index contributed by atoms with van der Waals surface area (Å²) in [4.78, 5) is 23.2. The zero-order valence-electron chi connectivity index (χ0n) is 18.6. The van der Waals surface area contributed by atoms with Crippen LogP contribution in [-0.4, -0.2) is 12.6 Å². The molecule has 0 heterocycles. The number of benzene rings is 4. The predicted octanol–water partition coefficient (Wildman–Crippen LogP) is 6.69. The smallest absolute Gasteiger partial charge is 0.192 e. The first kappa shape index (κ1) is 24.7. The van der Waals surface area contributed by atoms with Crippen molar-refractivity contribution in [3.63, 3.8) is 0 Å². The number of hydrogen-bond acceptors (Lipinski definition) is 4. The molecule has 36 heavy (non-hydrogen) atoms. The summed E-state index contributed by atoms with van der Waals surface area (Å²) < 4.78 is 71.1. The normalized spacial score (nSPS) is 10.7. The summed E-state index contributed by atoms with van der Waals surface area (Å²) in [6.07, 6.45) is 0.221. The molecule has 0 bridgehead atoms. The zero-order valence-corrected chi connectivity index (χ0v) is 18.6. The maximum absolute atomic E-state index is 15.6. The molecule has 4 aromatic carbocycles. The molecule has 0 aromatic heterocycles. The Morgan fingerprint density at radius 3 is 1.67 bits per heavy atom. The molecule has 0 amide bonds. The lowest BCUT2D eigenvalue weighted by atomic mass is 9.96. The highest BCUT2D eigenvalue weighted by Gasteiger charge is 2.28. The molecule has 0 aliphatic carbocycles. The fourth-order valence-corrected chi connectivity index (χ4v) is 3.60. The van der Waals surface area contributed by atoms with Gasteiger partial charge in [0, 0.05) is 16.7 Å². The van der Waals surface area contributed by atoms with E-state index in [-0.39, 0.29) is 25.8 Å². The number of halogens is 4. The molecule has 0 aliphatic heterocycles. The van der Waals surface area contributed by atoms with Crippen LogP contribution >= 0.6 is 0 Å². The van der Waals surface area contributed by atoms with Crippen LogP contribution in [0, 0.1) is 23.3 Å². The molecule has 0 aliphatic rings. The first-order chi connectivity index (χ1) is 17.4. The van der Waals surface area contributed by atoms with Crippen molar-refractivity contribution in [2.75, 3.05) is 0 Å². The quantitative estimate of drug-likeness (QED) is 0.192. The van der Waals surface area contributed by atoms with E-state index in [4.69, 9.17) is 9.47 Å². The van der Waals surface area contributed by atoms with E-state index < -0.39 is 57.0 Å². The summed E-state index contributed by atoms with van der Waals surface area (Å²) in [6.45, 7) is -0.472. The Balaban J connectivity index is 1.81. The fourth-order valence-electron chi connectivity index (χ4n) is 3.60.